The van der Waals surface area contributed by atoms with E-state index in [-0.39, 0.29) is 16.2 Å². The number of rotatable bonds is 4. The normalized spacial score (nSPS) is 17.0. The maximum atomic E-state index is 2.59. The van der Waals surface area contributed by atoms with E-state index < -0.39 is 0 Å². The summed E-state index contributed by atoms with van der Waals surface area (Å²) in [4.78, 5) is 2.59. The third kappa shape index (κ3) is 4.16. The lowest BCUT2D eigenvalue weighted by atomic mass is 9.76. The van der Waals surface area contributed by atoms with E-state index in [0.717, 1.165) is 0 Å². The van der Waals surface area contributed by atoms with Gasteiger partial charge in [-0.05, 0) is 121 Å². The summed E-state index contributed by atoms with van der Waals surface area (Å²) in [7, 11) is 0. The van der Waals surface area contributed by atoms with Crippen LogP contribution < -0.4 is 4.90 Å². The molecule has 11 rings (SSSR count). The molecule has 54 heavy (non-hydrogen) atoms. The van der Waals surface area contributed by atoms with Crippen molar-refractivity contribution < 1.29 is 0 Å². The van der Waals surface area contributed by atoms with Crippen molar-refractivity contribution in [3.8, 4) is 44.5 Å². The average molecular weight is 696 g/mol. The molecule has 1 nitrogen and oxygen atoms in total. The summed E-state index contributed by atoms with van der Waals surface area (Å²) in [6.45, 7) is 9.61. The molecular formula is C53H45N. The van der Waals surface area contributed by atoms with Crippen molar-refractivity contribution in [3.63, 3.8) is 0 Å². The van der Waals surface area contributed by atoms with Crippen LogP contribution in [0.3, 0.4) is 0 Å². The smallest absolute Gasteiger partial charge is 0.0508 e. The van der Waals surface area contributed by atoms with Crippen LogP contribution in [0.15, 0.2) is 152 Å². The van der Waals surface area contributed by atoms with Gasteiger partial charge in [-0.1, -0.05) is 162 Å². The van der Waals surface area contributed by atoms with Crippen molar-refractivity contribution in [2.45, 2.75) is 69.6 Å². The first-order chi connectivity index (χ1) is 26.3. The summed E-state index contributed by atoms with van der Waals surface area (Å²) in [6.07, 6.45) is 5.00. The van der Waals surface area contributed by atoms with Gasteiger partial charge in [-0.25, -0.2) is 0 Å². The van der Waals surface area contributed by atoms with E-state index in [1.807, 2.05) is 0 Å². The summed E-state index contributed by atoms with van der Waals surface area (Å²) in [5.74, 6) is 0. The molecule has 1 fully saturated rings. The molecule has 1 spiro atoms. The van der Waals surface area contributed by atoms with Gasteiger partial charge in [0.25, 0.3) is 0 Å². The number of nitrogens with zero attached hydrogens (tertiary/aromatic N) is 1. The number of benzene rings is 7. The zero-order valence-electron chi connectivity index (χ0n) is 31.7. The van der Waals surface area contributed by atoms with Crippen LogP contribution in [0.2, 0.25) is 0 Å². The van der Waals surface area contributed by atoms with Crippen LogP contribution in [-0.4, -0.2) is 0 Å². The lowest BCUT2D eigenvalue weighted by Crippen LogP contribution is -2.22. The van der Waals surface area contributed by atoms with Gasteiger partial charge in [0.15, 0.2) is 0 Å². The molecule has 0 aliphatic heterocycles. The van der Waals surface area contributed by atoms with Crippen LogP contribution in [0.4, 0.5) is 17.1 Å². The van der Waals surface area contributed by atoms with Gasteiger partial charge in [-0.3, -0.25) is 0 Å². The van der Waals surface area contributed by atoms with E-state index >= 15 is 0 Å². The van der Waals surface area contributed by atoms with Crippen LogP contribution in [-0.2, 0) is 16.2 Å². The topological polar surface area (TPSA) is 3.24 Å². The van der Waals surface area contributed by atoms with Gasteiger partial charge in [0.2, 0.25) is 0 Å². The molecule has 262 valence electrons. The van der Waals surface area contributed by atoms with Crippen LogP contribution in [0.1, 0.15) is 86.8 Å². The molecule has 0 amide bonds. The molecule has 4 aliphatic carbocycles. The predicted molar refractivity (Wildman–Crippen MR) is 226 cm³/mol. The fourth-order valence-electron chi connectivity index (χ4n) is 11.4. The molecule has 0 saturated heterocycles. The number of fused-ring (bicyclic) bond motifs is 11. The summed E-state index contributed by atoms with van der Waals surface area (Å²) in [6, 6.07) is 57.9. The summed E-state index contributed by atoms with van der Waals surface area (Å²) >= 11 is 0. The Morgan fingerprint density at radius 3 is 1.59 bits per heavy atom. The molecule has 1 heteroatoms. The SMILES string of the molecule is CC1(C)c2ccccc2-c2cccc(-c3cccc(N(c4ccc5c(c4)C4(CCCC4)c4ccccc4-5)c4cccc5c4C(C)(C)c4ccccc4-5)c3)c21. The fraction of sp³-hybridized carbons (Fsp3) is 0.208. The quantitative estimate of drug-likeness (QED) is 0.177. The van der Waals surface area contributed by atoms with Crippen molar-refractivity contribution in [1.82, 2.24) is 0 Å². The van der Waals surface area contributed by atoms with E-state index in [2.05, 4.69) is 184 Å². The fourth-order valence-corrected chi connectivity index (χ4v) is 11.4. The zero-order chi connectivity index (χ0) is 36.4. The highest BCUT2D eigenvalue weighted by Gasteiger charge is 2.46. The minimum Gasteiger partial charge on any atom is -0.310 e. The Labute approximate surface area is 320 Å². The molecular weight excluding hydrogens is 651 g/mol. The molecule has 0 radical (unpaired) electrons. The third-order valence-electron chi connectivity index (χ3n) is 13.8. The minimum absolute atomic E-state index is 0.0920. The summed E-state index contributed by atoms with van der Waals surface area (Å²) < 4.78 is 0. The minimum atomic E-state index is -0.159. The van der Waals surface area contributed by atoms with Crippen LogP contribution in [0.5, 0.6) is 0 Å². The second-order valence-electron chi connectivity index (χ2n) is 17.2. The molecule has 0 heterocycles. The Bertz CT molecular complexity index is 2680. The zero-order valence-corrected chi connectivity index (χ0v) is 31.7. The van der Waals surface area contributed by atoms with Gasteiger partial charge in [-0.2, -0.15) is 0 Å². The maximum absolute atomic E-state index is 2.59. The highest BCUT2D eigenvalue weighted by Crippen LogP contribution is 2.59. The second kappa shape index (κ2) is 11.2. The second-order valence-corrected chi connectivity index (χ2v) is 17.2. The van der Waals surface area contributed by atoms with E-state index in [0.29, 0.717) is 0 Å². The molecule has 0 unspecified atom stereocenters. The van der Waals surface area contributed by atoms with Gasteiger partial charge in [-0.15, -0.1) is 0 Å². The van der Waals surface area contributed by atoms with Crippen LogP contribution in [0, 0.1) is 0 Å². The van der Waals surface area contributed by atoms with Gasteiger partial charge in [0, 0.05) is 27.6 Å². The first kappa shape index (κ1) is 31.8. The summed E-state index contributed by atoms with van der Waals surface area (Å²) in [5.41, 5.74) is 23.0. The molecule has 7 aromatic rings. The van der Waals surface area contributed by atoms with E-state index in [1.165, 1.54) is 121 Å². The first-order valence-electron chi connectivity index (χ1n) is 19.9. The number of hydrogen-bond acceptors (Lipinski definition) is 1. The molecule has 1 saturated carbocycles. The van der Waals surface area contributed by atoms with Crippen LogP contribution >= 0.6 is 0 Å². The van der Waals surface area contributed by atoms with Crippen molar-refractivity contribution in [2.24, 2.45) is 0 Å². The third-order valence-corrected chi connectivity index (χ3v) is 13.8. The van der Waals surface area contributed by atoms with E-state index in [1.54, 1.807) is 0 Å². The van der Waals surface area contributed by atoms with Crippen molar-refractivity contribution in [1.29, 1.82) is 0 Å². The molecule has 4 aliphatic rings. The van der Waals surface area contributed by atoms with E-state index in [4.69, 9.17) is 0 Å². The van der Waals surface area contributed by atoms with E-state index in [9.17, 15) is 0 Å². The highest BCUT2D eigenvalue weighted by atomic mass is 15.1. The van der Waals surface area contributed by atoms with Crippen molar-refractivity contribution >= 4 is 17.1 Å². The largest absolute Gasteiger partial charge is 0.310 e. The molecule has 0 N–H and O–H groups in total. The monoisotopic (exact) mass is 695 g/mol. The first-order valence-corrected chi connectivity index (χ1v) is 19.9. The molecule has 0 aromatic heterocycles. The van der Waals surface area contributed by atoms with Crippen molar-refractivity contribution in [2.75, 3.05) is 4.90 Å². The van der Waals surface area contributed by atoms with Gasteiger partial charge < -0.3 is 4.90 Å². The Morgan fingerprint density at radius 1 is 0.389 bits per heavy atom. The molecule has 0 bridgehead atoms. The lowest BCUT2D eigenvalue weighted by Gasteiger charge is -2.34. The Balaban J connectivity index is 1.14. The van der Waals surface area contributed by atoms with Crippen LogP contribution in [0.25, 0.3) is 44.5 Å². The Morgan fingerprint density at radius 2 is 0.889 bits per heavy atom. The van der Waals surface area contributed by atoms with Crippen molar-refractivity contribution in [3.05, 3.63) is 185 Å². The average Bonchev–Trinajstić information content (AvgIpc) is 3.93. The number of anilines is 3. The Hall–Kier alpha value is -5.66. The standard InChI is InChI=1S/C53H45N/c1-51(2)44-24-8-5-19-39(44)42-22-14-21-37(49(42)51)34-16-13-17-35(32-34)54(48-27-15-23-43-40-20-6-9-25-45(40)52(3,4)50(43)48)36-28-29-41-38-18-7-10-26-46(38)53(47(41)33-36)30-11-12-31-53/h5-10,13-29,32-33H,11-12,30-31H2,1-4H3. The predicted octanol–water partition coefficient (Wildman–Crippen LogP) is 14.3. The number of hydrogen-bond donors (Lipinski definition) is 0. The van der Waals surface area contributed by atoms with Gasteiger partial charge in [0.1, 0.15) is 0 Å². The Kier molecular flexibility index (Phi) is 6.59. The molecule has 0 atom stereocenters. The summed E-state index contributed by atoms with van der Waals surface area (Å²) in [5, 5.41) is 0. The van der Waals surface area contributed by atoms with Gasteiger partial charge in [0.05, 0.1) is 5.69 Å². The maximum Gasteiger partial charge on any atom is 0.0508 e. The molecule has 7 aromatic carbocycles. The highest BCUT2D eigenvalue weighted by molar-refractivity contribution is 5.94. The van der Waals surface area contributed by atoms with Gasteiger partial charge >= 0.3 is 0 Å². The lowest BCUT2D eigenvalue weighted by molar-refractivity contribution is 0.550.